The molecule has 0 amide bonds. The molecule has 2 bridgehead atoms. The third kappa shape index (κ3) is 4.01. The van der Waals surface area contributed by atoms with Gasteiger partial charge in [-0.15, -0.1) is 0 Å². The molecule has 35 heavy (non-hydrogen) atoms. The van der Waals surface area contributed by atoms with Gasteiger partial charge in [0.05, 0.1) is 18.9 Å². The van der Waals surface area contributed by atoms with E-state index in [0.717, 1.165) is 46.3 Å². The summed E-state index contributed by atoms with van der Waals surface area (Å²) in [5.41, 5.74) is 4.16. The van der Waals surface area contributed by atoms with Crippen LogP contribution in [0, 0.1) is 6.92 Å². The molecular formula is C26H31N3O5S. The number of aromatic amines is 1. The molecule has 2 atom stereocenters. The Kier molecular flexibility index (Phi) is 5.89. The molecule has 2 aromatic carbocycles. The number of fused-ring (bicyclic) bond motifs is 3. The zero-order chi connectivity index (χ0) is 25.0. The molecule has 2 saturated heterocycles. The predicted octanol–water partition coefficient (Wildman–Crippen LogP) is 3.71. The first-order valence-corrected chi connectivity index (χ1v) is 13.7. The Bertz CT molecular complexity index is 1380. The Balaban J connectivity index is 1.59. The highest BCUT2D eigenvalue weighted by molar-refractivity contribution is 7.88. The summed E-state index contributed by atoms with van der Waals surface area (Å²) in [5, 5.41) is 10.5. The molecule has 186 valence electrons. The van der Waals surface area contributed by atoms with Crippen molar-refractivity contribution in [1.29, 1.82) is 0 Å². The zero-order valence-corrected chi connectivity index (χ0v) is 21.1. The number of ether oxygens (including phenoxy) is 1. The number of H-pyrrole nitrogens is 1. The fraction of sp³-hybridized carbons (Fsp3) is 0.423. The highest BCUT2D eigenvalue weighted by atomic mass is 32.2. The molecule has 0 aliphatic carbocycles. The number of carboxylic acids is 1. The minimum Gasteiger partial charge on any atom is -0.496 e. The molecular weight excluding hydrogens is 466 g/mol. The standard InChI is InChI=1S/C26H31N3O5S/c1-17-14-23(34-2)22(21-8-11-27-24(17)21)16-28-12-9-20-15-26(28,10-13-29(20)35(3,32)33)19-6-4-18(5-7-19)25(30)31/h4-8,11,14,20,27H,9-10,12-13,15-16H2,1-3H3,(H,30,31)/t20-,26-/m0/s1. The lowest BCUT2D eigenvalue weighted by Crippen LogP contribution is -2.62. The number of piperidine rings is 2. The van der Waals surface area contributed by atoms with Crippen LogP contribution < -0.4 is 4.74 Å². The minimum atomic E-state index is -3.30. The average Bonchev–Trinajstić information content (AvgIpc) is 3.32. The van der Waals surface area contributed by atoms with E-state index in [2.05, 4.69) is 28.9 Å². The Morgan fingerprint density at radius 1 is 1.23 bits per heavy atom. The van der Waals surface area contributed by atoms with E-state index in [0.29, 0.717) is 25.9 Å². The number of aryl methyl sites for hydroxylation is 1. The number of hydrogen-bond donors (Lipinski definition) is 2. The number of rotatable bonds is 6. The van der Waals surface area contributed by atoms with Crippen molar-refractivity contribution < 1.29 is 23.1 Å². The van der Waals surface area contributed by atoms with Crippen LogP contribution in [-0.2, 0) is 22.1 Å². The molecule has 2 N–H and O–H groups in total. The summed E-state index contributed by atoms with van der Waals surface area (Å²) < 4.78 is 32.4. The number of sulfonamides is 1. The summed E-state index contributed by atoms with van der Waals surface area (Å²) in [6.45, 7) is 3.86. The fourth-order valence-electron chi connectivity index (χ4n) is 6.13. The van der Waals surface area contributed by atoms with E-state index < -0.39 is 21.5 Å². The molecule has 3 heterocycles. The molecule has 0 spiro atoms. The van der Waals surface area contributed by atoms with Gasteiger partial charge in [0.25, 0.3) is 0 Å². The number of aromatic carboxylic acids is 1. The van der Waals surface area contributed by atoms with Crippen LogP contribution in [0.25, 0.3) is 10.9 Å². The number of methoxy groups -OCH3 is 1. The summed E-state index contributed by atoms with van der Waals surface area (Å²) in [7, 11) is -1.62. The summed E-state index contributed by atoms with van der Waals surface area (Å²) in [5.74, 6) is -0.125. The van der Waals surface area contributed by atoms with Crippen LogP contribution in [-0.4, -0.2) is 66.2 Å². The maximum Gasteiger partial charge on any atom is 0.335 e. The first-order chi connectivity index (χ1) is 16.6. The molecule has 9 heteroatoms. The van der Waals surface area contributed by atoms with Gasteiger partial charge in [0.15, 0.2) is 0 Å². The molecule has 0 saturated carbocycles. The van der Waals surface area contributed by atoms with Crippen molar-refractivity contribution in [2.45, 2.75) is 44.3 Å². The van der Waals surface area contributed by atoms with Gasteiger partial charge < -0.3 is 14.8 Å². The number of nitrogens with one attached hydrogen (secondary N) is 1. The van der Waals surface area contributed by atoms with E-state index in [4.69, 9.17) is 4.74 Å². The molecule has 0 radical (unpaired) electrons. The SMILES string of the molecule is COc1cc(C)c2[nH]ccc2c1CN1CC[C@H]2C[C@]1(c1ccc(C(=O)O)cc1)CCN2S(C)(=O)=O. The van der Waals surface area contributed by atoms with Gasteiger partial charge in [0, 0.05) is 53.9 Å². The van der Waals surface area contributed by atoms with Gasteiger partial charge in [-0.3, -0.25) is 4.90 Å². The van der Waals surface area contributed by atoms with E-state index >= 15 is 0 Å². The number of hydrogen-bond acceptors (Lipinski definition) is 5. The quantitative estimate of drug-likeness (QED) is 0.538. The van der Waals surface area contributed by atoms with Gasteiger partial charge >= 0.3 is 5.97 Å². The van der Waals surface area contributed by atoms with Crippen LogP contribution in [0.1, 0.15) is 46.3 Å². The predicted molar refractivity (Wildman–Crippen MR) is 134 cm³/mol. The smallest absolute Gasteiger partial charge is 0.335 e. The normalized spacial score (nSPS) is 23.5. The van der Waals surface area contributed by atoms with Gasteiger partial charge in [-0.1, -0.05) is 12.1 Å². The molecule has 3 aromatic rings. The number of carboxylic acid groups (broad SMARTS) is 1. The maximum absolute atomic E-state index is 12.5. The Morgan fingerprint density at radius 2 is 1.97 bits per heavy atom. The van der Waals surface area contributed by atoms with Crippen LogP contribution in [0.5, 0.6) is 5.75 Å². The van der Waals surface area contributed by atoms with Crippen LogP contribution >= 0.6 is 0 Å². The second kappa shape index (κ2) is 8.65. The summed E-state index contributed by atoms with van der Waals surface area (Å²) in [6.07, 6.45) is 5.27. The van der Waals surface area contributed by atoms with E-state index in [1.165, 1.54) is 6.26 Å². The number of likely N-dealkylation sites (tertiary alicyclic amines) is 1. The molecule has 2 aliphatic heterocycles. The third-order valence-corrected chi connectivity index (χ3v) is 9.17. The Hall–Kier alpha value is -2.88. The van der Waals surface area contributed by atoms with Crippen LogP contribution in [0.15, 0.2) is 42.6 Å². The van der Waals surface area contributed by atoms with Crippen LogP contribution in [0.2, 0.25) is 0 Å². The highest BCUT2D eigenvalue weighted by Gasteiger charge is 2.50. The molecule has 5 rings (SSSR count). The number of nitrogens with zero attached hydrogens (tertiary/aromatic N) is 2. The van der Waals surface area contributed by atoms with Crippen molar-refractivity contribution in [1.82, 2.24) is 14.2 Å². The van der Waals surface area contributed by atoms with Crippen molar-refractivity contribution in [3.05, 3.63) is 64.8 Å². The van der Waals surface area contributed by atoms with E-state index in [1.807, 2.05) is 18.3 Å². The second-order valence-electron chi connectivity index (χ2n) is 9.75. The van der Waals surface area contributed by atoms with Gasteiger partial charge in [-0.25, -0.2) is 13.2 Å². The van der Waals surface area contributed by atoms with Gasteiger partial charge in [0.1, 0.15) is 5.75 Å². The van der Waals surface area contributed by atoms with Gasteiger partial charge in [-0.05, 0) is 61.6 Å². The van der Waals surface area contributed by atoms with E-state index in [1.54, 1.807) is 23.5 Å². The molecule has 2 fully saturated rings. The number of aromatic nitrogens is 1. The topological polar surface area (TPSA) is 103 Å². The van der Waals surface area contributed by atoms with E-state index in [-0.39, 0.29) is 11.6 Å². The number of benzene rings is 2. The molecule has 8 nitrogen and oxygen atoms in total. The fourth-order valence-corrected chi connectivity index (χ4v) is 7.27. The first-order valence-electron chi connectivity index (χ1n) is 11.8. The van der Waals surface area contributed by atoms with Crippen molar-refractivity contribution in [3.8, 4) is 5.75 Å². The van der Waals surface area contributed by atoms with Crippen molar-refractivity contribution in [2.75, 3.05) is 26.5 Å². The van der Waals surface area contributed by atoms with Crippen LogP contribution in [0.4, 0.5) is 0 Å². The van der Waals surface area contributed by atoms with Crippen LogP contribution in [0.3, 0.4) is 0 Å². The van der Waals surface area contributed by atoms with Gasteiger partial charge in [0.2, 0.25) is 10.0 Å². The second-order valence-corrected chi connectivity index (χ2v) is 11.7. The number of carbonyl (C=O) groups is 1. The Morgan fingerprint density at radius 3 is 2.63 bits per heavy atom. The largest absolute Gasteiger partial charge is 0.496 e. The maximum atomic E-state index is 12.5. The monoisotopic (exact) mass is 497 g/mol. The Labute approximate surface area is 205 Å². The molecule has 1 aromatic heterocycles. The van der Waals surface area contributed by atoms with Gasteiger partial charge in [-0.2, -0.15) is 4.31 Å². The molecule has 2 aliphatic rings. The van der Waals surface area contributed by atoms with E-state index in [9.17, 15) is 18.3 Å². The van der Waals surface area contributed by atoms with Crippen molar-refractivity contribution >= 4 is 26.9 Å². The lowest BCUT2D eigenvalue weighted by molar-refractivity contribution is -0.0349. The summed E-state index contributed by atoms with van der Waals surface area (Å²) >= 11 is 0. The van der Waals surface area contributed by atoms with Crippen molar-refractivity contribution in [2.24, 2.45) is 0 Å². The first kappa shape index (κ1) is 23.8. The summed E-state index contributed by atoms with van der Waals surface area (Å²) in [4.78, 5) is 17.2. The lowest BCUT2D eigenvalue weighted by Gasteiger charge is -2.56. The zero-order valence-electron chi connectivity index (χ0n) is 20.2. The lowest BCUT2D eigenvalue weighted by atomic mass is 9.73. The molecule has 0 unspecified atom stereocenters. The highest BCUT2D eigenvalue weighted by Crippen LogP contribution is 2.47. The minimum absolute atomic E-state index is 0.0821. The van der Waals surface area contributed by atoms with Crippen molar-refractivity contribution in [3.63, 3.8) is 0 Å². The average molecular weight is 498 g/mol. The third-order valence-electron chi connectivity index (χ3n) is 7.84. The summed E-state index contributed by atoms with van der Waals surface area (Å²) in [6, 6.07) is 11.1.